The first kappa shape index (κ1) is 20.1. The van der Waals surface area contributed by atoms with Gasteiger partial charge in [-0.05, 0) is 40.2 Å². The molecule has 0 saturated carbocycles. The number of ether oxygens (including phenoxy) is 3. The van der Waals surface area contributed by atoms with Crippen LogP contribution in [0, 0.1) is 0 Å². The van der Waals surface area contributed by atoms with Crippen LogP contribution in [0.25, 0.3) is 0 Å². The predicted octanol–water partition coefficient (Wildman–Crippen LogP) is 4.07. The van der Waals surface area contributed by atoms with Gasteiger partial charge < -0.3 is 24.8 Å². The molecular weight excluding hydrogens is 332 g/mol. The zero-order valence-corrected chi connectivity index (χ0v) is 16.3. The summed E-state index contributed by atoms with van der Waals surface area (Å²) >= 11 is 0. The van der Waals surface area contributed by atoms with E-state index in [-0.39, 0.29) is 12.1 Å². The van der Waals surface area contributed by atoms with Gasteiger partial charge >= 0.3 is 6.09 Å². The Bertz CT molecular complexity index is 651. The molecule has 26 heavy (non-hydrogen) atoms. The molecule has 0 radical (unpaired) electrons. The van der Waals surface area contributed by atoms with Gasteiger partial charge in [-0.15, -0.1) is 0 Å². The average molecular weight is 362 g/mol. The van der Waals surface area contributed by atoms with Crippen molar-refractivity contribution in [2.75, 3.05) is 6.54 Å². The summed E-state index contributed by atoms with van der Waals surface area (Å²) in [5.74, 6) is 0.705. The molecule has 2 atom stereocenters. The number of nitrogens with zero attached hydrogens (tertiary/aromatic N) is 1. The van der Waals surface area contributed by atoms with E-state index in [2.05, 4.69) is 0 Å². The fraction of sp³-hybridized carbons (Fsp3) is 0.550. The van der Waals surface area contributed by atoms with Crippen LogP contribution in [-0.4, -0.2) is 29.2 Å². The molecule has 0 spiro atoms. The van der Waals surface area contributed by atoms with Crippen LogP contribution in [0.4, 0.5) is 4.79 Å². The van der Waals surface area contributed by atoms with Crippen molar-refractivity contribution in [3.05, 3.63) is 47.4 Å². The minimum atomic E-state index is -0.520. The topological polar surface area (TPSA) is 74.0 Å². The first-order chi connectivity index (χ1) is 12.2. The van der Waals surface area contributed by atoms with Crippen LogP contribution in [0.15, 0.2) is 36.3 Å². The predicted molar refractivity (Wildman–Crippen MR) is 100 cm³/mol. The molecule has 0 aliphatic carbocycles. The fourth-order valence-corrected chi connectivity index (χ4v) is 2.86. The van der Waals surface area contributed by atoms with Crippen molar-refractivity contribution < 1.29 is 19.0 Å². The highest BCUT2D eigenvalue weighted by Gasteiger charge is 2.29. The van der Waals surface area contributed by atoms with Gasteiger partial charge in [0.25, 0.3) is 6.29 Å². The lowest BCUT2D eigenvalue weighted by Gasteiger charge is -2.31. The summed E-state index contributed by atoms with van der Waals surface area (Å²) < 4.78 is 17.1. The van der Waals surface area contributed by atoms with Gasteiger partial charge in [-0.3, -0.25) is 0 Å². The second-order valence-electron chi connectivity index (χ2n) is 7.39. The third-order valence-corrected chi connectivity index (χ3v) is 4.11. The van der Waals surface area contributed by atoms with Gasteiger partial charge in [0, 0.05) is 31.1 Å². The smallest absolute Gasteiger partial charge is 0.410 e. The molecular formula is C20H30N2O4. The Morgan fingerprint density at radius 1 is 1.35 bits per heavy atom. The molecule has 1 aromatic carbocycles. The van der Waals surface area contributed by atoms with Crippen molar-refractivity contribution in [1.29, 1.82) is 0 Å². The van der Waals surface area contributed by atoms with Gasteiger partial charge in [-0.25, -0.2) is 4.79 Å². The van der Waals surface area contributed by atoms with Gasteiger partial charge in [0.1, 0.15) is 17.6 Å². The van der Waals surface area contributed by atoms with Crippen molar-refractivity contribution >= 4 is 6.09 Å². The van der Waals surface area contributed by atoms with Gasteiger partial charge in [0.2, 0.25) is 0 Å². The molecule has 1 aliphatic heterocycles. The highest BCUT2D eigenvalue weighted by atomic mass is 16.7. The third-order valence-electron chi connectivity index (χ3n) is 4.11. The number of nitrogens with two attached hydrogens (primary N) is 1. The maximum absolute atomic E-state index is 12.4. The molecule has 2 rings (SSSR count). The number of amides is 1. The maximum atomic E-state index is 12.4. The monoisotopic (exact) mass is 362 g/mol. The molecule has 6 nitrogen and oxygen atoms in total. The molecule has 1 aliphatic rings. The summed E-state index contributed by atoms with van der Waals surface area (Å²) in [6.07, 6.45) is 1.36. The van der Waals surface area contributed by atoms with Crippen LogP contribution in [0.3, 0.4) is 0 Å². The number of hydrogen-bond acceptors (Lipinski definition) is 5. The van der Waals surface area contributed by atoms with Crippen LogP contribution >= 0.6 is 0 Å². The summed E-state index contributed by atoms with van der Waals surface area (Å²) in [6.45, 7) is 10.5. The molecule has 144 valence electrons. The van der Waals surface area contributed by atoms with E-state index in [0.29, 0.717) is 25.3 Å². The SMILES string of the molecule is CCN(C(=O)OC(C)(C)C)C(C)CC1=COC(c2ccccc2CN)O1. The van der Waals surface area contributed by atoms with E-state index < -0.39 is 11.9 Å². The molecule has 0 saturated heterocycles. The minimum absolute atomic E-state index is 0.0757. The molecule has 1 amide bonds. The second kappa shape index (κ2) is 8.45. The van der Waals surface area contributed by atoms with Gasteiger partial charge in [0.05, 0.1) is 0 Å². The fourth-order valence-electron chi connectivity index (χ4n) is 2.86. The van der Waals surface area contributed by atoms with Crippen LogP contribution in [0.1, 0.15) is 58.5 Å². The van der Waals surface area contributed by atoms with E-state index in [9.17, 15) is 4.79 Å². The Kier molecular flexibility index (Phi) is 6.53. The number of carbonyl (C=O) groups is 1. The zero-order valence-electron chi connectivity index (χ0n) is 16.3. The lowest BCUT2D eigenvalue weighted by atomic mass is 10.1. The Morgan fingerprint density at radius 3 is 2.65 bits per heavy atom. The summed E-state index contributed by atoms with van der Waals surface area (Å²) in [5.41, 5.74) is 7.18. The largest absolute Gasteiger partial charge is 0.455 e. The summed E-state index contributed by atoms with van der Waals surface area (Å²) in [5, 5.41) is 0. The third kappa shape index (κ3) is 5.14. The molecule has 6 heteroatoms. The quantitative estimate of drug-likeness (QED) is 0.826. The van der Waals surface area contributed by atoms with E-state index in [0.717, 1.165) is 11.1 Å². The summed E-state index contributed by atoms with van der Waals surface area (Å²) in [6, 6.07) is 7.71. The minimum Gasteiger partial charge on any atom is -0.455 e. The van der Waals surface area contributed by atoms with Gasteiger partial charge in [0.15, 0.2) is 0 Å². The van der Waals surface area contributed by atoms with Gasteiger partial charge in [-0.2, -0.15) is 0 Å². The Balaban J connectivity index is 1.97. The van der Waals surface area contributed by atoms with E-state index in [1.165, 1.54) is 0 Å². The molecule has 0 fully saturated rings. The Morgan fingerprint density at radius 2 is 2.04 bits per heavy atom. The van der Waals surface area contributed by atoms with Crippen LogP contribution in [0.5, 0.6) is 0 Å². The highest BCUT2D eigenvalue weighted by Crippen LogP contribution is 2.32. The molecule has 0 aromatic heterocycles. The first-order valence-electron chi connectivity index (χ1n) is 9.03. The lowest BCUT2D eigenvalue weighted by Crippen LogP contribution is -2.42. The number of carbonyl (C=O) groups excluding carboxylic acids is 1. The second-order valence-corrected chi connectivity index (χ2v) is 7.39. The van der Waals surface area contributed by atoms with E-state index >= 15 is 0 Å². The van der Waals surface area contributed by atoms with E-state index in [4.69, 9.17) is 19.9 Å². The van der Waals surface area contributed by atoms with Gasteiger partial charge in [-0.1, -0.05) is 24.3 Å². The van der Waals surface area contributed by atoms with Crippen LogP contribution in [0.2, 0.25) is 0 Å². The maximum Gasteiger partial charge on any atom is 0.410 e. The molecule has 2 unspecified atom stereocenters. The zero-order chi connectivity index (χ0) is 19.3. The first-order valence-corrected chi connectivity index (χ1v) is 9.03. The van der Waals surface area contributed by atoms with Crippen LogP contribution in [-0.2, 0) is 20.8 Å². The average Bonchev–Trinajstić information content (AvgIpc) is 3.02. The van der Waals surface area contributed by atoms with Crippen molar-refractivity contribution in [3.63, 3.8) is 0 Å². The van der Waals surface area contributed by atoms with Crippen molar-refractivity contribution in [3.8, 4) is 0 Å². The normalized spacial score (nSPS) is 17.8. The molecule has 1 aromatic rings. The Labute approximate surface area is 155 Å². The van der Waals surface area contributed by atoms with Crippen molar-refractivity contribution in [2.45, 2.75) is 65.5 Å². The van der Waals surface area contributed by atoms with Crippen LogP contribution < -0.4 is 5.73 Å². The summed E-state index contributed by atoms with van der Waals surface area (Å²) in [4.78, 5) is 14.1. The molecule has 1 heterocycles. The number of rotatable bonds is 6. The van der Waals surface area contributed by atoms with Crippen molar-refractivity contribution in [1.82, 2.24) is 4.90 Å². The number of benzene rings is 1. The van der Waals surface area contributed by atoms with E-state index in [1.54, 1.807) is 11.2 Å². The van der Waals surface area contributed by atoms with Crippen molar-refractivity contribution in [2.24, 2.45) is 5.73 Å². The number of hydrogen-bond donors (Lipinski definition) is 1. The van der Waals surface area contributed by atoms with E-state index in [1.807, 2.05) is 58.9 Å². The highest BCUT2D eigenvalue weighted by molar-refractivity contribution is 5.68. The molecule has 0 bridgehead atoms. The lowest BCUT2D eigenvalue weighted by molar-refractivity contribution is -0.0382. The summed E-state index contributed by atoms with van der Waals surface area (Å²) in [7, 11) is 0. The standard InChI is InChI=1S/C20H30N2O4/c1-6-22(19(23)26-20(3,4)5)14(2)11-16-13-24-18(25-16)17-10-8-7-9-15(17)12-21/h7-10,13-14,18H,6,11-12,21H2,1-5H3. The Hall–Kier alpha value is -2.21. The molecule has 2 N–H and O–H groups in total.